The van der Waals surface area contributed by atoms with Crippen molar-refractivity contribution in [1.29, 1.82) is 0 Å². The summed E-state index contributed by atoms with van der Waals surface area (Å²) in [5, 5.41) is 0.800. The third-order valence-corrected chi connectivity index (χ3v) is 7.52. The number of thiazole rings is 1. The van der Waals surface area contributed by atoms with E-state index in [0.29, 0.717) is 12.3 Å². The molecule has 1 amide bonds. The minimum absolute atomic E-state index is 0.103. The number of carbonyl (C=O) groups excluding carboxylic acids is 1. The molecule has 2 heterocycles. The molecule has 0 bridgehead atoms. The first-order valence-electron chi connectivity index (χ1n) is 10.3. The second kappa shape index (κ2) is 9.92. The van der Waals surface area contributed by atoms with Crippen molar-refractivity contribution in [3.8, 4) is 0 Å². The number of morpholine rings is 1. The molecule has 0 aliphatic carbocycles. The van der Waals surface area contributed by atoms with Gasteiger partial charge in [0.2, 0.25) is 5.91 Å². The number of benzene rings is 2. The van der Waals surface area contributed by atoms with Gasteiger partial charge in [0.15, 0.2) is 5.13 Å². The van der Waals surface area contributed by atoms with E-state index in [1.54, 1.807) is 23.1 Å². The Bertz CT molecular complexity index is 961. The third kappa shape index (κ3) is 5.03. The normalized spacial score (nSPS) is 14.9. The van der Waals surface area contributed by atoms with Crippen LogP contribution in [0.15, 0.2) is 47.4 Å². The molecule has 0 saturated carbocycles. The average Bonchev–Trinajstić information content (AvgIpc) is 3.23. The first-order valence-corrected chi connectivity index (χ1v) is 12.1. The van der Waals surface area contributed by atoms with E-state index in [1.165, 1.54) is 10.3 Å². The van der Waals surface area contributed by atoms with Crippen LogP contribution in [0.3, 0.4) is 0 Å². The summed E-state index contributed by atoms with van der Waals surface area (Å²) in [4.78, 5) is 23.5. The Kier molecular flexibility index (Phi) is 7.04. The van der Waals surface area contributed by atoms with Crippen molar-refractivity contribution < 1.29 is 9.53 Å². The van der Waals surface area contributed by atoms with Crippen molar-refractivity contribution >= 4 is 44.4 Å². The van der Waals surface area contributed by atoms with Crippen molar-refractivity contribution in [3.63, 3.8) is 0 Å². The number of aryl methyl sites for hydroxylation is 2. The fourth-order valence-corrected chi connectivity index (χ4v) is 5.45. The molecule has 3 aromatic rings. The summed E-state index contributed by atoms with van der Waals surface area (Å²) in [7, 11) is 0. The summed E-state index contributed by atoms with van der Waals surface area (Å²) in [6.45, 7) is 9.02. The number of amides is 1. The molecule has 158 valence electrons. The van der Waals surface area contributed by atoms with Gasteiger partial charge < -0.3 is 4.74 Å². The zero-order valence-corrected chi connectivity index (χ0v) is 19.1. The van der Waals surface area contributed by atoms with Crippen LogP contribution in [-0.2, 0) is 9.53 Å². The number of rotatable bonds is 7. The minimum Gasteiger partial charge on any atom is -0.379 e. The van der Waals surface area contributed by atoms with Crippen LogP contribution in [0.4, 0.5) is 5.13 Å². The van der Waals surface area contributed by atoms with Gasteiger partial charge in [-0.3, -0.25) is 14.6 Å². The van der Waals surface area contributed by atoms with Crippen molar-refractivity contribution in [3.05, 3.63) is 53.6 Å². The maximum Gasteiger partial charge on any atom is 0.239 e. The fraction of sp³-hybridized carbons (Fsp3) is 0.391. The molecule has 30 heavy (non-hydrogen) atoms. The highest BCUT2D eigenvalue weighted by molar-refractivity contribution is 8.00. The lowest BCUT2D eigenvalue weighted by Crippen LogP contribution is -2.43. The molecule has 5 nitrogen and oxygen atoms in total. The van der Waals surface area contributed by atoms with Crippen molar-refractivity contribution in [1.82, 2.24) is 9.88 Å². The Morgan fingerprint density at radius 1 is 1.13 bits per heavy atom. The predicted molar refractivity (Wildman–Crippen MR) is 126 cm³/mol. The number of hydrogen-bond donors (Lipinski definition) is 0. The van der Waals surface area contributed by atoms with Crippen molar-refractivity contribution in [2.24, 2.45) is 0 Å². The molecule has 1 fully saturated rings. The Morgan fingerprint density at radius 3 is 2.60 bits per heavy atom. The largest absolute Gasteiger partial charge is 0.379 e. The van der Waals surface area contributed by atoms with Crippen LogP contribution in [0.1, 0.15) is 11.1 Å². The predicted octanol–water partition coefficient (Wildman–Crippen LogP) is 4.37. The molecule has 1 aliphatic heterocycles. The van der Waals surface area contributed by atoms with Crippen LogP contribution in [0.2, 0.25) is 0 Å². The number of carbonyl (C=O) groups is 1. The average molecular weight is 442 g/mol. The molecule has 2 aromatic carbocycles. The molecule has 1 saturated heterocycles. The molecular weight excluding hydrogens is 414 g/mol. The summed E-state index contributed by atoms with van der Waals surface area (Å²) < 4.78 is 6.63. The zero-order chi connectivity index (χ0) is 20.9. The molecule has 4 rings (SSSR count). The lowest BCUT2D eigenvalue weighted by Gasteiger charge is -2.29. The first kappa shape index (κ1) is 21.3. The Hall–Kier alpha value is -1.93. The molecule has 0 radical (unpaired) electrons. The molecule has 0 spiro atoms. The standard InChI is InChI=1S/C23H27N3O2S2/c1-17-8-9-18(2)22-21(17)24-23(30-22)26(11-10-25-12-14-28-15-13-25)20(27)16-29-19-6-4-3-5-7-19/h3-9H,10-16H2,1-2H3. The van der Waals surface area contributed by atoms with E-state index in [0.717, 1.165) is 54.0 Å². The van der Waals surface area contributed by atoms with Gasteiger partial charge in [-0.2, -0.15) is 0 Å². The maximum atomic E-state index is 13.3. The van der Waals surface area contributed by atoms with Crippen LogP contribution >= 0.6 is 23.1 Å². The second-order valence-electron chi connectivity index (χ2n) is 7.47. The van der Waals surface area contributed by atoms with Crippen molar-refractivity contribution in [2.45, 2.75) is 18.7 Å². The molecule has 0 unspecified atom stereocenters. The van der Waals surface area contributed by atoms with Gasteiger partial charge in [-0.15, -0.1) is 11.8 Å². The van der Waals surface area contributed by atoms with E-state index in [2.05, 4.69) is 30.9 Å². The number of anilines is 1. The number of hydrogen-bond acceptors (Lipinski definition) is 6. The summed E-state index contributed by atoms with van der Waals surface area (Å²) in [6, 6.07) is 14.3. The van der Waals surface area contributed by atoms with E-state index < -0.39 is 0 Å². The highest BCUT2D eigenvalue weighted by Gasteiger charge is 2.22. The number of nitrogens with zero attached hydrogens (tertiary/aromatic N) is 3. The summed E-state index contributed by atoms with van der Waals surface area (Å²) >= 11 is 3.20. The van der Waals surface area contributed by atoms with Crippen LogP contribution in [0.5, 0.6) is 0 Å². The third-order valence-electron chi connectivity index (χ3n) is 5.31. The minimum atomic E-state index is 0.103. The van der Waals surface area contributed by atoms with Crippen LogP contribution in [0, 0.1) is 13.8 Å². The highest BCUT2D eigenvalue weighted by Crippen LogP contribution is 2.33. The van der Waals surface area contributed by atoms with Gasteiger partial charge in [0.05, 0.1) is 29.2 Å². The fourth-order valence-electron chi connectivity index (χ4n) is 3.50. The molecule has 0 atom stereocenters. The highest BCUT2D eigenvalue weighted by atomic mass is 32.2. The van der Waals surface area contributed by atoms with E-state index in [1.807, 2.05) is 35.2 Å². The van der Waals surface area contributed by atoms with E-state index in [-0.39, 0.29) is 5.91 Å². The summed E-state index contributed by atoms with van der Waals surface area (Å²) in [5.41, 5.74) is 3.37. The smallest absolute Gasteiger partial charge is 0.239 e. The molecule has 1 aromatic heterocycles. The van der Waals surface area contributed by atoms with Crippen LogP contribution < -0.4 is 4.90 Å². The van der Waals surface area contributed by atoms with Crippen molar-refractivity contribution in [2.75, 3.05) is 50.0 Å². The Labute approximate surface area is 186 Å². The topological polar surface area (TPSA) is 45.7 Å². The summed E-state index contributed by atoms with van der Waals surface area (Å²) in [5.74, 6) is 0.507. The van der Waals surface area contributed by atoms with Gasteiger partial charge in [-0.05, 0) is 37.1 Å². The molecular formula is C23H27N3O2S2. The number of thioether (sulfide) groups is 1. The van der Waals surface area contributed by atoms with E-state index in [9.17, 15) is 4.79 Å². The van der Waals surface area contributed by atoms with Gasteiger partial charge in [-0.25, -0.2) is 4.98 Å². The Balaban J connectivity index is 1.55. The monoisotopic (exact) mass is 441 g/mol. The lowest BCUT2D eigenvalue weighted by molar-refractivity contribution is -0.116. The SMILES string of the molecule is Cc1ccc(C)c2sc(N(CCN3CCOCC3)C(=O)CSc3ccccc3)nc12. The maximum absolute atomic E-state index is 13.3. The van der Waals surface area contributed by atoms with Gasteiger partial charge in [-0.1, -0.05) is 41.7 Å². The van der Waals surface area contributed by atoms with Crippen LogP contribution in [-0.4, -0.2) is 60.9 Å². The zero-order valence-electron chi connectivity index (χ0n) is 17.5. The van der Waals surface area contributed by atoms with Crippen LogP contribution in [0.25, 0.3) is 10.2 Å². The second-order valence-corrected chi connectivity index (χ2v) is 9.50. The van der Waals surface area contributed by atoms with Gasteiger partial charge >= 0.3 is 0 Å². The Morgan fingerprint density at radius 2 is 1.87 bits per heavy atom. The van der Waals surface area contributed by atoms with Gasteiger partial charge in [0.25, 0.3) is 0 Å². The summed E-state index contributed by atoms with van der Waals surface area (Å²) in [6.07, 6.45) is 0. The molecule has 0 N–H and O–H groups in total. The van der Waals surface area contributed by atoms with Gasteiger partial charge in [0, 0.05) is 31.1 Å². The van der Waals surface area contributed by atoms with E-state index in [4.69, 9.17) is 9.72 Å². The lowest BCUT2D eigenvalue weighted by atomic mass is 10.1. The number of aromatic nitrogens is 1. The first-order chi connectivity index (χ1) is 14.6. The molecule has 1 aliphatic rings. The molecule has 7 heteroatoms. The number of fused-ring (bicyclic) bond motifs is 1. The van der Waals surface area contributed by atoms with E-state index >= 15 is 0 Å². The number of ether oxygens (including phenoxy) is 1. The van der Waals surface area contributed by atoms with Gasteiger partial charge in [0.1, 0.15) is 0 Å². The quantitative estimate of drug-likeness (QED) is 0.510.